The first kappa shape index (κ1) is 9.27. The number of aryl methyl sites for hydroxylation is 2. The molecule has 1 aromatic rings. The van der Waals surface area contributed by atoms with Crippen LogP contribution < -0.4 is 0 Å². The maximum absolute atomic E-state index is 10.1. The van der Waals surface area contributed by atoms with Crippen molar-refractivity contribution in [3.63, 3.8) is 0 Å². The van der Waals surface area contributed by atoms with Gasteiger partial charge < -0.3 is 4.79 Å². The van der Waals surface area contributed by atoms with Gasteiger partial charge in [-0.05, 0) is 36.6 Å². The van der Waals surface area contributed by atoms with Crippen LogP contribution in [0.5, 0.6) is 0 Å². The minimum Gasteiger partial charge on any atom is -0.303 e. The van der Waals surface area contributed by atoms with Gasteiger partial charge in [0, 0.05) is 11.4 Å². The Morgan fingerprint density at radius 1 is 1.42 bits per heavy atom. The van der Waals surface area contributed by atoms with E-state index in [0.717, 1.165) is 28.9 Å². The predicted molar refractivity (Wildman–Crippen MR) is 50.6 cm³/mol. The van der Waals surface area contributed by atoms with Gasteiger partial charge in [-0.3, -0.25) is 0 Å². The number of carbonyl (C=O) groups is 1. The summed E-state index contributed by atoms with van der Waals surface area (Å²) in [6, 6.07) is 5.86. The van der Waals surface area contributed by atoms with E-state index >= 15 is 0 Å². The zero-order valence-electron chi connectivity index (χ0n) is 7.01. The number of hydrogen-bond donors (Lipinski definition) is 0. The van der Waals surface area contributed by atoms with Crippen molar-refractivity contribution in [1.82, 2.24) is 0 Å². The number of rotatable bonds is 3. The van der Waals surface area contributed by atoms with Gasteiger partial charge in [-0.2, -0.15) is 0 Å². The lowest BCUT2D eigenvalue weighted by Gasteiger charge is -2.00. The summed E-state index contributed by atoms with van der Waals surface area (Å²) in [4.78, 5) is 10.1. The Hall–Kier alpha value is -0.820. The van der Waals surface area contributed by atoms with E-state index in [-0.39, 0.29) is 0 Å². The summed E-state index contributed by atoms with van der Waals surface area (Å²) in [5.74, 6) is 0. The van der Waals surface area contributed by atoms with Crippen LogP contribution >= 0.6 is 11.6 Å². The van der Waals surface area contributed by atoms with Crippen molar-refractivity contribution < 1.29 is 4.79 Å². The molecule has 0 N–H and O–H groups in total. The van der Waals surface area contributed by atoms with Gasteiger partial charge in [0.1, 0.15) is 6.29 Å². The molecule has 64 valence electrons. The summed E-state index contributed by atoms with van der Waals surface area (Å²) in [7, 11) is 0. The Morgan fingerprint density at radius 3 is 2.75 bits per heavy atom. The van der Waals surface area contributed by atoms with E-state index in [1.54, 1.807) is 0 Å². The molecule has 0 aliphatic carbocycles. The molecule has 0 saturated carbocycles. The summed E-state index contributed by atoms with van der Waals surface area (Å²) >= 11 is 5.84. The third-order valence-electron chi connectivity index (χ3n) is 1.65. The van der Waals surface area contributed by atoms with Gasteiger partial charge in [-0.15, -0.1) is 0 Å². The second-order valence-electron chi connectivity index (χ2n) is 2.84. The Labute approximate surface area is 77.4 Å². The summed E-state index contributed by atoms with van der Waals surface area (Å²) in [6.45, 7) is 2.00. The highest BCUT2D eigenvalue weighted by atomic mass is 35.5. The highest BCUT2D eigenvalue weighted by molar-refractivity contribution is 6.30. The number of benzene rings is 1. The predicted octanol–water partition coefficient (Wildman–Crippen LogP) is 2.78. The van der Waals surface area contributed by atoms with Gasteiger partial charge in [0.25, 0.3) is 0 Å². The number of aldehydes is 1. The van der Waals surface area contributed by atoms with Crippen molar-refractivity contribution >= 4 is 17.9 Å². The molecule has 0 saturated heterocycles. The zero-order valence-corrected chi connectivity index (χ0v) is 7.77. The summed E-state index contributed by atoms with van der Waals surface area (Å²) in [5.41, 5.74) is 2.27. The molecule has 0 heterocycles. The quantitative estimate of drug-likeness (QED) is 0.657. The molecule has 0 amide bonds. The summed E-state index contributed by atoms with van der Waals surface area (Å²) in [5, 5.41) is 0.746. The topological polar surface area (TPSA) is 17.1 Å². The van der Waals surface area contributed by atoms with Gasteiger partial charge in [0.05, 0.1) is 0 Å². The monoisotopic (exact) mass is 182 g/mol. The molecule has 1 nitrogen and oxygen atoms in total. The minimum absolute atomic E-state index is 0.569. The average Bonchev–Trinajstić information content (AvgIpc) is 1.99. The Bertz CT molecular complexity index is 261. The summed E-state index contributed by atoms with van der Waals surface area (Å²) in [6.07, 6.45) is 2.28. The van der Waals surface area contributed by atoms with Crippen molar-refractivity contribution in [2.45, 2.75) is 19.8 Å². The molecular formula is C10H11ClO. The molecule has 12 heavy (non-hydrogen) atoms. The maximum atomic E-state index is 10.1. The zero-order chi connectivity index (χ0) is 8.97. The standard InChI is InChI=1S/C10H11ClO/c1-8-5-9(3-2-4-12)7-10(11)6-8/h4-7H,2-3H2,1H3. The number of carbonyl (C=O) groups excluding carboxylic acids is 1. The Kier molecular flexibility index (Phi) is 3.30. The smallest absolute Gasteiger partial charge is 0.120 e. The first-order valence-corrected chi connectivity index (χ1v) is 4.30. The van der Waals surface area contributed by atoms with E-state index in [1.165, 1.54) is 0 Å². The molecule has 1 aromatic carbocycles. The SMILES string of the molecule is Cc1cc(Cl)cc(CCC=O)c1. The second-order valence-corrected chi connectivity index (χ2v) is 3.28. The van der Waals surface area contributed by atoms with Crippen molar-refractivity contribution in [1.29, 1.82) is 0 Å². The average molecular weight is 183 g/mol. The van der Waals surface area contributed by atoms with Crippen LogP contribution in [0.4, 0.5) is 0 Å². The maximum Gasteiger partial charge on any atom is 0.120 e. The largest absolute Gasteiger partial charge is 0.303 e. The van der Waals surface area contributed by atoms with Crippen LogP contribution in [0.25, 0.3) is 0 Å². The van der Waals surface area contributed by atoms with Crippen molar-refractivity contribution in [3.05, 3.63) is 34.3 Å². The molecule has 0 fully saturated rings. The third kappa shape index (κ3) is 2.67. The van der Waals surface area contributed by atoms with Crippen LogP contribution in [-0.2, 0) is 11.2 Å². The summed E-state index contributed by atoms with van der Waals surface area (Å²) < 4.78 is 0. The highest BCUT2D eigenvalue weighted by Crippen LogP contribution is 2.15. The number of halogens is 1. The second kappa shape index (κ2) is 4.27. The Morgan fingerprint density at radius 2 is 2.17 bits per heavy atom. The highest BCUT2D eigenvalue weighted by Gasteiger charge is 1.95. The molecule has 0 unspecified atom stereocenters. The molecule has 0 spiro atoms. The fourth-order valence-electron chi connectivity index (χ4n) is 1.18. The van der Waals surface area contributed by atoms with Crippen LogP contribution in [0.2, 0.25) is 5.02 Å². The van der Waals surface area contributed by atoms with E-state index in [0.29, 0.717) is 6.42 Å². The first-order chi connectivity index (χ1) is 5.72. The Balaban J connectivity index is 2.78. The van der Waals surface area contributed by atoms with E-state index in [9.17, 15) is 4.79 Å². The first-order valence-electron chi connectivity index (χ1n) is 3.92. The molecule has 0 aromatic heterocycles. The fourth-order valence-corrected chi connectivity index (χ4v) is 1.49. The van der Waals surface area contributed by atoms with E-state index in [2.05, 4.69) is 6.07 Å². The van der Waals surface area contributed by atoms with Crippen LogP contribution in [0.15, 0.2) is 18.2 Å². The molecule has 0 aliphatic heterocycles. The van der Waals surface area contributed by atoms with Crippen molar-refractivity contribution in [2.75, 3.05) is 0 Å². The van der Waals surface area contributed by atoms with Gasteiger partial charge >= 0.3 is 0 Å². The van der Waals surface area contributed by atoms with E-state index in [1.807, 2.05) is 19.1 Å². The van der Waals surface area contributed by atoms with Gasteiger partial charge in [0.15, 0.2) is 0 Å². The lowest BCUT2D eigenvalue weighted by atomic mass is 10.1. The molecule has 1 rings (SSSR count). The van der Waals surface area contributed by atoms with Crippen LogP contribution in [-0.4, -0.2) is 6.29 Å². The molecule has 0 aliphatic rings. The lowest BCUT2D eigenvalue weighted by molar-refractivity contribution is -0.107. The lowest BCUT2D eigenvalue weighted by Crippen LogP contribution is -1.87. The normalized spacial score (nSPS) is 9.83. The number of hydrogen-bond acceptors (Lipinski definition) is 1. The van der Waals surface area contributed by atoms with Crippen molar-refractivity contribution in [3.8, 4) is 0 Å². The fraction of sp³-hybridized carbons (Fsp3) is 0.300. The van der Waals surface area contributed by atoms with Gasteiger partial charge in [-0.25, -0.2) is 0 Å². The molecule has 0 atom stereocenters. The van der Waals surface area contributed by atoms with Gasteiger partial charge in [-0.1, -0.05) is 17.7 Å². The molecule has 2 heteroatoms. The minimum atomic E-state index is 0.569. The molecule has 0 bridgehead atoms. The molecule has 0 radical (unpaired) electrons. The van der Waals surface area contributed by atoms with E-state index < -0.39 is 0 Å². The van der Waals surface area contributed by atoms with Crippen LogP contribution in [0.3, 0.4) is 0 Å². The van der Waals surface area contributed by atoms with Gasteiger partial charge in [0.2, 0.25) is 0 Å². The van der Waals surface area contributed by atoms with E-state index in [4.69, 9.17) is 11.6 Å². The van der Waals surface area contributed by atoms with Crippen molar-refractivity contribution in [2.24, 2.45) is 0 Å². The van der Waals surface area contributed by atoms with Crippen LogP contribution in [0.1, 0.15) is 17.5 Å². The third-order valence-corrected chi connectivity index (χ3v) is 1.87. The van der Waals surface area contributed by atoms with Crippen LogP contribution in [0, 0.1) is 6.92 Å². The molecular weight excluding hydrogens is 172 g/mol.